The van der Waals surface area contributed by atoms with Crippen LogP contribution in [0, 0.1) is 0 Å². The van der Waals surface area contributed by atoms with Gasteiger partial charge in [-0.1, -0.05) is 30.3 Å². The van der Waals surface area contributed by atoms with Crippen molar-refractivity contribution in [1.29, 1.82) is 0 Å². The topological polar surface area (TPSA) is 44.8 Å². The predicted octanol–water partition coefficient (Wildman–Crippen LogP) is 2.91. The molecule has 0 amide bonds. The van der Waals surface area contributed by atoms with Gasteiger partial charge in [-0.25, -0.2) is 4.52 Å². The van der Waals surface area contributed by atoms with Gasteiger partial charge in [-0.3, -0.25) is 0 Å². The molecule has 0 aliphatic carbocycles. The highest BCUT2D eigenvalue weighted by Gasteiger charge is 2.19. The summed E-state index contributed by atoms with van der Waals surface area (Å²) < 4.78 is 19.6. The van der Waals surface area contributed by atoms with E-state index in [0.717, 1.165) is 5.56 Å². The van der Waals surface area contributed by atoms with E-state index < -0.39 is 8.25 Å². The highest BCUT2D eigenvalue weighted by Crippen LogP contribution is 2.23. The molecule has 0 saturated heterocycles. The second-order valence-corrected chi connectivity index (χ2v) is 3.09. The maximum absolute atomic E-state index is 10.8. The molecule has 14 heavy (non-hydrogen) atoms. The van der Waals surface area contributed by atoms with Crippen LogP contribution in [-0.4, -0.2) is 7.11 Å². The Kier molecular flexibility index (Phi) is 4.86. The summed E-state index contributed by atoms with van der Waals surface area (Å²) >= 11 is 0. The molecule has 0 aromatic heterocycles. The van der Waals surface area contributed by atoms with Crippen molar-refractivity contribution in [3.05, 3.63) is 42.2 Å². The monoisotopic (exact) mass is 213 g/mol. The Labute approximate surface area is 83.0 Å². The molecule has 0 aliphatic rings. The Morgan fingerprint density at radius 1 is 1.29 bits per heavy atom. The molecule has 1 unspecified atom stereocenters. The number of hydrogen-bond acceptors (Lipinski definition) is 4. The first kappa shape index (κ1) is 10.9. The zero-order valence-corrected chi connectivity index (χ0v) is 8.52. The average molecular weight is 213 g/mol. The van der Waals surface area contributed by atoms with Crippen molar-refractivity contribution in [2.45, 2.75) is 0 Å². The van der Waals surface area contributed by atoms with Crippen molar-refractivity contribution >= 4 is 14.3 Å². The molecule has 0 fully saturated rings. The van der Waals surface area contributed by atoms with Crippen LogP contribution in [0.5, 0.6) is 0 Å². The van der Waals surface area contributed by atoms with Crippen molar-refractivity contribution < 1.29 is 18.7 Å². The molecule has 0 saturated carbocycles. The van der Waals surface area contributed by atoms with Crippen molar-refractivity contribution in [3.63, 3.8) is 0 Å². The third kappa shape index (κ3) is 4.14. The Morgan fingerprint density at radius 3 is 2.64 bits per heavy atom. The Bertz CT molecular complexity index is 310. The van der Waals surface area contributed by atoms with Crippen LogP contribution in [0.2, 0.25) is 0 Å². The molecule has 0 radical (unpaired) electrons. The summed E-state index contributed by atoms with van der Waals surface area (Å²) in [4.78, 5) is 4.16. The van der Waals surface area contributed by atoms with Gasteiger partial charge in [0.15, 0.2) is 6.26 Å². The third-order valence-corrected chi connectivity index (χ3v) is 1.91. The first-order valence-electron chi connectivity index (χ1n) is 3.89. The first-order chi connectivity index (χ1) is 6.83. The SMILES string of the molecule is COO[P+](=O)O/C=C/c1ccccc1. The molecule has 0 N–H and O–H groups in total. The fraction of sp³-hybridized carbons (Fsp3) is 0.111. The lowest BCUT2D eigenvalue weighted by Crippen LogP contribution is -1.77. The molecule has 74 valence electrons. The van der Waals surface area contributed by atoms with Gasteiger partial charge in [0.25, 0.3) is 0 Å². The second kappa shape index (κ2) is 6.27. The Hall–Kier alpha value is -1.22. The smallest absolute Gasteiger partial charge is 0.236 e. The fourth-order valence-corrected chi connectivity index (χ4v) is 1.12. The summed E-state index contributed by atoms with van der Waals surface area (Å²) in [5.41, 5.74) is 0.952. The molecule has 5 heteroatoms. The molecule has 0 aliphatic heterocycles. The van der Waals surface area contributed by atoms with E-state index in [1.807, 2.05) is 30.3 Å². The van der Waals surface area contributed by atoms with E-state index in [0.29, 0.717) is 0 Å². The summed E-state index contributed by atoms with van der Waals surface area (Å²) in [7, 11) is -0.975. The molecule has 1 aromatic carbocycles. The fourth-order valence-electron chi connectivity index (χ4n) is 0.801. The van der Waals surface area contributed by atoms with E-state index in [4.69, 9.17) is 0 Å². The van der Waals surface area contributed by atoms with E-state index in [2.05, 4.69) is 14.1 Å². The van der Waals surface area contributed by atoms with Crippen LogP contribution in [0.1, 0.15) is 5.56 Å². The summed E-state index contributed by atoms with van der Waals surface area (Å²) in [6.45, 7) is 0. The summed E-state index contributed by atoms with van der Waals surface area (Å²) in [5, 5.41) is 0. The Balaban J connectivity index is 2.38. The van der Waals surface area contributed by atoms with Crippen molar-refractivity contribution in [2.75, 3.05) is 7.11 Å². The van der Waals surface area contributed by atoms with Crippen LogP contribution in [0.25, 0.3) is 6.08 Å². The third-order valence-electron chi connectivity index (χ3n) is 1.34. The van der Waals surface area contributed by atoms with E-state index in [1.54, 1.807) is 6.08 Å². The van der Waals surface area contributed by atoms with Crippen LogP contribution >= 0.6 is 8.25 Å². The largest absolute Gasteiger partial charge is 0.780 e. The van der Waals surface area contributed by atoms with Gasteiger partial charge in [0.2, 0.25) is 0 Å². The van der Waals surface area contributed by atoms with Crippen LogP contribution < -0.4 is 0 Å². The van der Waals surface area contributed by atoms with Crippen LogP contribution in [0.3, 0.4) is 0 Å². The quantitative estimate of drug-likeness (QED) is 0.326. The van der Waals surface area contributed by atoms with E-state index in [9.17, 15) is 4.57 Å². The second-order valence-electron chi connectivity index (χ2n) is 2.28. The normalized spacial score (nSPS) is 11.6. The number of benzene rings is 1. The highest BCUT2D eigenvalue weighted by molar-refractivity contribution is 7.33. The maximum Gasteiger partial charge on any atom is 0.780 e. The Morgan fingerprint density at radius 2 is 2.00 bits per heavy atom. The summed E-state index contributed by atoms with van der Waals surface area (Å²) in [6.07, 6.45) is 2.97. The zero-order chi connectivity index (χ0) is 10.2. The van der Waals surface area contributed by atoms with Gasteiger partial charge in [0.1, 0.15) is 0 Å². The van der Waals surface area contributed by atoms with Crippen molar-refractivity contribution in [2.24, 2.45) is 0 Å². The van der Waals surface area contributed by atoms with E-state index >= 15 is 0 Å². The number of hydrogen-bond donors (Lipinski definition) is 0. The van der Waals surface area contributed by atoms with Crippen LogP contribution in [0.15, 0.2) is 36.6 Å². The van der Waals surface area contributed by atoms with E-state index in [1.165, 1.54) is 13.4 Å². The molecule has 1 atom stereocenters. The minimum absolute atomic E-state index is 0.952. The lowest BCUT2D eigenvalue weighted by Gasteiger charge is -1.87. The molecule has 1 aromatic rings. The highest BCUT2D eigenvalue weighted by atomic mass is 31.1. The molecule has 4 nitrogen and oxygen atoms in total. The summed E-state index contributed by atoms with van der Waals surface area (Å²) in [5.74, 6) is 0. The molecule has 0 heterocycles. The van der Waals surface area contributed by atoms with Gasteiger partial charge in [-0.15, -0.1) is 0 Å². The maximum atomic E-state index is 10.8. The zero-order valence-electron chi connectivity index (χ0n) is 7.62. The van der Waals surface area contributed by atoms with Gasteiger partial charge in [-0.05, 0) is 11.6 Å². The van der Waals surface area contributed by atoms with Gasteiger partial charge >= 0.3 is 8.25 Å². The van der Waals surface area contributed by atoms with Crippen molar-refractivity contribution in [3.8, 4) is 0 Å². The van der Waals surface area contributed by atoms with Gasteiger partial charge in [0, 0.05) is 4.57 Å². The molecule has 0 spiro atoms. The minimum atomic E-state index is -2.24. The van der Waals surface area contributed by atoms with Crippen molar-refractivity contribution in [1.82, 2.24) is 0 Å². The average Bonchev–Trinajstić information content (AvgIpc) is 2.20. The lowest BCUT2D eigenvalue weighted by molar-refractivity contribution is -0.179. The number of rotatable bonds is 5. The molecule has 0 bridgehead atoms. The lowest BCUT2D eigenvalue weighted by atomic mass is 10.2. The first-order valence-corrected chi connectivity index (χ1v) is 4.99. The van der Waals surface area contributed by atoms with Gasteiger partial charge < -0.3 is 0 Å². The van der Waals surface area contributed by atoms with Crippen LogP contribution in [-0.2, 0) is 18.7 Å². The predicted molar refractivity (Wildman–Crippen MR) is 52.3 cm³/mol. The molecule has 1 rings (SSSR count). The standard InChI is InChI=1S/C9H10O4P/c1-11-13-14(10)12-8-7-9-5-3-2-4-6-9/h2-8H,1H3/q+1/b8-7+. The summed E-state index contributed by atoms with van der Waals surface area (Å²) in [6, 6.07) is 9.48. The molecular formula is C9H10O4P+. The van der Waals surface area contributed by atoms with Crippen LogP contribution in [0.4, 0.5) is 0 Å². The molecular weight excluding hydrogens is 203 g/mol. The van der Waals surface area contributed by atoms with Gasteiger partial charge in [0.05, 0.1) is 11.8 Å². The minimum Gasteiger partial charge on any atom is -0.236 e. The van der Waals surface area contributed by atoms with Gasteiger partial charge in [-0.2, -0.15) is 4.89 Å². The van der Waals surface area contributed by atoms with E-state index in [-0.39, 0.29) is 0 Å².